The van der Waals surface area contributed by atoms with Crippen molar-refractivity contribution >= 4 is 31.8 Å². The highest BCUT2D eigenvalue weighted by Crippen LogP contribution is 2.21. The van der Waals surface area contributed by atoms with Crippen LogP contribution in [0.15, 0.2) is 21.6 Å². The first-order valence-corrected chi connectivity index (χ1v) is 9.06. The van der Waals surface area contributed by atoms with Crippen molar-refractivity contribution in [3.63, 3.8) is 0 Å². The molecule has 0 unspecified atom stereocenters. The van der Waals surface area contributed by atoms with Gasteiger partial charge in [0, 0.05) is 17.2 Å². The summed E-state index contributed by atoms with van der Waals surface area (Å²) in [6.07, 6.45) is 2.22. The van der Waals surface area contributed by atoms with Crippen LogP contribution < -0.4 is 16.0 Å². The van der Waals surface area contributed by atoms with Crippen LogP contribution in [-0.2, 0) is 10.0 Å². The lowest BCUT2D eigenvalue weighted by molar-refractivity contribution is 0.300. The second-order valence-electron chi connectivity index (χ2n) is 4.42. The van der Waals surface area contributed by atoms with Crippen LogP contribution in [0.4, 0.5) is 5.82 Å². The van der Waals surface area contributed by atoms with E-state index in [-0.39, 0.29) is 10.7 Å². The zero-order valence-electron chi connectivity index (χ0n) is 12.3. The molecule has 0 saturated carbocycles. The number of nitrogens with two attached hydrogens (primary N) is 1. The van der Waals surface area contributed by atoms with Crippen molar-refractivity contribution in [1.82, 2.24) is 14.6 Å². The Balaban J connectivity index is 2.68. The fraction of sp³-hybridized carbons (Fsp3) is 0.583. The monoisotopic (exact) mass is 379 g/mol. The van der Waals surface area contributed by atoms with Gasteiger partial charge in [0.2, 0.25) is 10.0 Å². The minimum absolute atomic E-state index is 0.0298. The Hall–Kier alpha value is -0.740. The second-order valence-corrected chi connectivity index (χ2v) is 7.07. The number of hydrazine groups is 1. The number of sulfonamides is 1. The Kier molecular flexibility index (Phi) is 7.53. The van der Waals surface area contributed by atoms with Crippen molar-refractivity contribution in [3.8, 4) is 0 Å². The van der Waals surface area contributed by atoms with Crippen LogP contribution in [0.5, 0.6) is 0 Å². The van der Waals surface area contributed by atoms with Gasteiger partial charge in [-0.25, -0.2) is 24.0 Å². The smallest absolute Gasteiger partial charge is 0.244 e. The summed E-state index contributed by atoms with van der Waals surface area (Å²) in [5, 5.41) is 0. The van der Waals surface area contributed by atoms with Gasteiger partial charge in [-0.15, -0.1) is 0 Å². The number of nitrogen functional groups attached to an aromatic ring is 1. The predicted molar refractivity (Wildman–Crippen MR) is 87.3 cm³/mol. The number of nitrogens with zero attached hydrogens (tertiary/aromatic N) is 2. The zero-order valence-corrected chi connectivity index (χ0v) is 14.7. The molecular formula is C12H22BrN5O2S. The molecule has 0 bridgehead atoms. The third-order valence-electron chi connectivity index (χ3n) is 3.08. The Morgan fingerprint density at radius 1 is 1.38 bits per heavy atom. The Morgan fingerprint density at radius 2 is 2.05 bits per heavy atom. The predicted octanol–water partition coefficient (Wildman–Crippen LogP) is 1.14. The summed E-state index contributed by atoms with van der Waals surface area (Å²) in [5.41, 5.74) is 2.30. The highest BCUT2D eigenvalue weighted by Gasteiger charge is 2.19. The van der Waals surface area contributed by atoms with Gasteiger partial charge in [-0.2, -0.15) is 0 Å². The lowest BCUT2D eigenvalue weighted by Crippen LogP contribution is -2.30. The molecule has 0 aliphatic rings. The standard InChI is InChI=1S/C12H22BrN5O2S/c1-3-18(4-2)7-5-6-16-21(19,20)11-8-10(13)9-15-12(11)17-14/h8-9,16H,3-7,14H2,1-2H3,(H,15,17). The maximum atomic E-state index is 12.3. The molecule has 21 heavy (non-hydrogen) atoms. The summed E-state index contributed by atoms with van der Waals surface area (Å²) in [7, 11) is -3.64. The van der Waals surface area contributed by atoms with E-state index in [2.05, 4.69) is 49.8 Å². The van der Waals surface area contributed by atoms with E-state index in [0.717, 1.165) is 26.1 Å². The fourth-order valence-corrected chi connectivity index (χ4v) is 3.56. The van der Waals surface area contributed by atoms with E-state index in [1.165, 1.54) is 12.3 Å². The average molecular weight is 380 g/mol. The first-order chi connectivity index (χ1) is 9.94. The minimum atomic E-state index is -3.64. The van der Waals surface area contributed by atoms with Crippen LogP contribution in [0.25, 0.3) is 0 Å². The lowest BCUT2D eigenvalue weighted by Gasteiger charge is -2.17. The molecule has 1 heterocycles. The summed E-state index contributed by atoms with van der Waals surface area (Å²) in [6.45, 7) is 7.31. The molecule has 1 aromatic rings. The molecule has 0 aromatic carbocycles. The van der Waals surface area contributed by atoms with Crippen LogP contribution >= 0.6 is 15.9 Å². The van der Waals surface area contributed by atoms with Gasteiger partial charge in [-0.3, -0.25) is 0 Å². The zero-order chi connectivity index (χ0) is 15.9. The van der Waals surface area contributed by atoms with E-state index in [0.29, 0.717) is 11.0 Å². The highest BCUT2D eigenvalue weighted by molar-refractivity contribution is 9.10. The molecule has 7 nitrogen and oxygen atoms in total. The summed E-state index contributed by atoms with van der Waals surface area (Å²) in [5.74, 6) is 5.42. The van der Waals surface area contributed by atoms with Crippen molar-refractivity contribution in [2.45, 2.75) is 25.2 Å². The van der Waals surface area contributed by atoms with Gasteiger partial charge in [0.25, 0.3) is 0 Å². The first-order valence-electron chi connectivity index (χ1n) is 6.78. The Labute approximate surface area is 134 Å². The van der Waals surface area contributed by atoms with Gasteiger partial charge >= 0.3 is 0 Å². The van der Waals surface area contributed by atoms with E-state index in [1.807, 2.05) is 0 Å². The van der Waals surface area contributed by atoms with E-state index < -0.39 is 10.0 Å². The highest BCUT2D eigenvalue weighted by atomic mass is 79.9. The van der Waals surface area contributed by atoms with Crippen molar-refractivity contribution in [3.05, 3.63) is 16.7 Å². The topological polar surface area (TPSA) is 100 Å². The van der Waals surface area contributed by atoms with Crippen LogP contribution in [0.2, 0.25) is 0 Å². The van der Waals surface area contributed by atoms with Crippen molar-refractivity contribution in [2.75, 3.05) is 31.6 Å². The molecular weight excluding hydrogens is 358 g/mol. The molecule has 0 aliphatic heterocycles. The molecule has 0 amide bonds. The van der Waals surface area contributed by atoms with Crippen LogP contribution in [0.3, 0.4) is 0 Å². The first kappa shape index (κ1) is 18.3. The molecule has 1 aromatic heterocycles. The molecule has 9 heteroatoms. The molecule has 0 spiro atoms. The maximum Gasteiger partial charge on any atom is 0.244 e. The minimum Gasteiger partial charge on any atom is -0.307 e. The van der Waals surface area contributed by atoms with Gasteiger partial charge in [0.15, 0.2) is 5.82 Å². The third kappa shape index (κ3) is 5.51. The van der Waals surface area contributed by atoms with E-state index in [1.54, 1.807) is 0 Å². The van der Waals surface area contributed by atoms with Gasteiger partial charge in [-0.05, 0) is 48.1 Å². The Morgan fingerprint density at radius 3 is 2.62 bits per heavy atom. The number of pyridine rings is 1. The normalized spacial score (nSPS) is 11.9. The summed E-state index contributed by atoms with van der Waals surface area (Å²) >= 11 is 3.21. The van der Waals surface area contributed by atoms with Crippen LogP contribution in [-0.4, -0.2) is 44.5 Å². The SMILES string of the molecule is CCN(CC)CCCNS(=O)(=O)c1cc(Br)cnc1NN. The summed E-state index contributed by atoms with van der Waals surface area (Å²) in [4.78, 5) is 6.20. The van der Waals surface area contributed by atoms with Gasteiger partial charge in [-0.1, -0.05) is 13.8 Å². The third-order valence-corrected chi connectivity index (χ3v) is 4.99. The number of halogens is 1. The van der Waals surface area contributed by atoms with E-state index in [4.69, 9.17) is 5.84 Å². The average Bonchev–Trinajstić information content (AvgIpc) is 2.47. The molecule has 0 radical (unpaired) electrons. The largest absolute Gasteiger partial charge is 0.307 e. The van der Waals surface area contributed by atoms with E-state index >= 15 is 0 Å². The maximum absolute atomic E-state index is 12.3. The van der Waals surface area contributed by atoms with Gasteiger partial charge in [0.1, 0.15) is 4.90 Å². The Bertz CT molecular complexity index is 549. The summed E-state index contributed by atoms with van der Waals surface area (Å²) in [6, 6.07) is 1.47. The molecule has 0 saturated heterocycles. The van der Waals surface area contributed by atoms with Crippen molar-refractivity contribution in [1.29, 1.82) is 0 Å². The molecule has 0 fully saturated rings. The number of hydrogen-bond donors (Lipinski definition) is 3. The quantitative estimate of drug-likeness (QED) is 0.338. The molecule has 4 N–H and O–H groups in total. The van der Waals surface area contributed by atoms with Crippen molar-refractivity contribution < 1.29 is 8.42 Å². The molecule has 120 valence electrons. The number of hydrogen-bond acceptors (Lipinski definition) is 6. The lowest BCUT2D eigenvalue weighted by atomic mass is 10.4. The summed E-state index contributed by atoms with van der Waals surface area (Å²) < 4.78 is 27.7. The van der Waals surface area contributed by atoms with Crippen LogP contribution in [0.1, 0.15) is 20.3 Å². The van der Waals surface area contributed by atoms with Gasteiger partial charge in [0.05, 0.1) is 0 Å². The van der Waals surface area contributed by atoms with Crippen molar-refractivity contribution in [2.24, 2.45) is 5.84 Å². The number of nitrogens with one attached hydrogen (secondary N) is 2. The molecule has 1 rings (SSSR count). The van der Waals surface area contributed by atoms with Gasteiger partial charge < -0.3 is 10.3 Å². The number of aromatic nitrogens is 1. The molecule has 0 aliphatic carbocycles. The second kappa shape index (κ2) is 8.64. The molecule has 0 atom stereocenters. The van der Waals surface area contributed by atoms with Crippen LogP contribution in [0, 0.1) is 0 Å². The number of rotatable bonds is 9. The number of anilines is 1. The fourth-order valence-electron chi connectivity index (χ4n) is 1.86. The van der Waals surface area contributed by atoms with E-state index in [9.17, 15) is 8.42 Å².